The van der Waals surface area contributed by atoms with E-state index in [1.165, 1.54) is 12.1 Å². The van der Waals surface area contributed by atoms with E-state index in [4.69, 9.17) is 4.74 Å². The second-order valence-corrected chi connectivity index (χ2v) is 3.04. The predicted octanol–water partition coefficient (Wildman–Crippen LogP) is 2.33. The lowest BCUT2D eigenvalue weighted by Crippen LogP contribution is -2.08. The zero-order valence-corrected chi connectivity index (χ0v) is 8.16. The molecule has 1 rings (SSSR count). The van der Waals surface area contributed by atoms with Crippen molar-refractivity contribution < 1.29 is 14.6 Å². The number of esters is 1. The van der Waals surface area contributed by atoms with Crippen molar-refractivity contribution in [1.82, 2.24) is 0 Å². The van der Waals surface area contributed by atoms with Crippen molar-refractivity contribution >= 4 is 5.97 Å². The van der Waals surface area contributed by atoms with Gasteiger partial charge in [-0.3, -0.25) is 9.90 Å². The lowest BCUT2D eigenvalue weighted by atomic mass is 10.1. The summed E-state index contributed by atoms with van der Waals surface area (Å²) in [7, 11) is 0. The topological polar surface area (TPSA) is 46.2 Å². The highest BCUT2D eigenvalue weighted by molar-refractivity contribution is 5.72. The minimum Gasteiger partial charge on any atom is -0.465 e. The van der Waals surface area contributed by atoms with Gasteiger partial charge in [-0.15, -0.1) is 0 Å². The smallest absolute Gasteiger partial charge is 0.310 e. The third kappa shape index (κ3) is 3.47. The Labute approximate surface area is 83.3 Å². The van der Waals surface area contributed by atoms with Gasteiger partial charge in [-0.1, -0.05) is 19.1 Å². The van der Waals surface area contributed by atoms with Crippen LogP contribution in [0.4, 0.5) is 0 Å². The van der Waals surface area contributed by atoms with E-state index in [9.17, 15) is 9.90 Å². The number of carbonyl (C=O) groups is 1. The average molecular weight is 193 g/mol. The third-order valence-electron chi connectivity index (χ3n) is 1.74. The van der Waals surface area contributed by atoms with Crippen LogP contribution >= 0.6 is 0 Å². The summed E-state index contributed by atoms with van der Waals surface area (Å²) in [5.74, 6) is -0.291. The Morgan fingerprint density at radius 3 is 2.50 bits per heavy atom. The van der Waals surface area contributed by atoms with Gasteiger partial charge in [0.15, 0.2) is 5.75 Å². The van der Waals surface area contributed by atoms with Gasteiger partial charge in [0.25, 0.3) is 0 Å². The largest absolute Gasteiger partial charge is 0.465 e. The van der Waals surface area contributed by atoms with E-state index in [1.54, 1.807) is 12.1 Å². The Bertz CT molecular complexity index is 290. The van der Waals surface area contributed by atoms with Crippen LogP contribution in [0.1, 0.15) is 18.9 Å². The number of benzene rings is 1. The van der Waals surface area contributed by atoms with Gasteiger partial charge in [-0.25, -0.2) is 0 Å². The molecule has 0 fully saturated rings. The van der Waals surface area contributed by atoms with Crippen molar-refractivity contribution in [2.75, 3.05) is 6.61 Å². The Balaban J connectivity index is 2.44. The molecule has 0 saturated carbocycles. The Morgan fingerprint density at radius 1 is 1.29 bits per heavy atom. The van der Waals surface area contributed by atoms with E-state index in [-0.39, 0.29) is 18.1 Å². The molecule has 0 heterocycles. The van der Waals surface area contributed by atoms with Crippen LogP contribution < -0.4 is 0 Å². The molecule has 0 amide bonds. The van der Waals surface area contributed by atoms with Crippen molar-refractivity contribution in [3.05, 3.63) is 29.8 Å². The van der Waals surface area contributed by atoms with E-state index in [0.29, 0.717) is 6.61 Å². The van der Waals surface area contributed by atoms with Gasteiger partial charge in [0.1, 0.15) is 0 Å². The zero-order chi connectivity index (χ0) is 10.4. The number of hydrogen-bond donors (Lipinski definition) is 0. The van der Waals surface area contributed by atoms with Gasteiger partial charge in [-0.05, 0) is 24.1 Å². The fourth-order valence-electron chi connectivity index (χ4n) is 1.04. The molecule has 0 aliphatic heterocycles. The van der Waals surface area contributed by atoms with Gasteiger partial charge in [0, 0.05) is 0 Å². The molecular formula is C11H13O3. The van der Waals surface area contributed by atoms with Gasteiger partial charge in [0.2, 0.25) is 0 Å². The molecule has 0 atom stereocenters. The second kappa shape index (κ2) is 5.27. The molecule has 0 N–H and O–H groups in total. The van der Waals surface area contributed by atoms with E-state index in [1.807, 2.05) is 6.92 Å². The summed E-state index contributed by atoms with van der Waals surface area (Å²) in [4.78, 5) is 11.2. The van der Waals surface area contributed by atoms with Gasteiger partial charge >= 0.3 is 5.97 Å². The zero-order valence-electron chi connectivity index (χ0n) is 8.16. The van der Waals surface area contributed by atoms with Gasteiger partial charge in [0.05, 0.1) is 13.0 Å². The van der Waals surface area contributed by atoms with E-state index in [0.717, 1.165) is 12.0 Å². The normalized spacial score (nSPS) is 9.79. The molecule has 0 saturated heterocycles. The number of rotatable bonds is 4. The summed E-state index contributed by atoms with van der Waals surface area (Å²) in [6.07, 6.45) is 1.06. The fourth-order valence-corrected chi connectivity index (χ4v) is 1.04. The van der Waals surface area contributed by atoms with Gasteiger partial charge < -0.3 is 4.74 Å². The fraction of sp³-hybridized carbons (Fsp3) is 0.364. The summed E-state index contributed by atoms with van der Waals surface area (Å²) in [5, 5.41) is 10.8. The van der Waals surface area contributed by atoms with Crippen molar-refractivity contribution in [3.8, 4) is 5.75 Å². The molecule has 0 unspecified atom stereocenters. The predicted molar refractivity (Wildman–Crippen MR) is 51.5 cm³/mol. The molecule has 1 aromatic rings. The van der Waals surface area contributed by atoms with E-state index < -0.39 is 0 Å². The van der Waals surface area contributed by atoms with Crippen LogP contribution in [-0.4, -0.2) is 12.6 Å². The van der Waals surface area contributed by atoms with E-state index >= 15 is 0 Å². The summed E-state index contributed by atoms with van der Waals surface area (Å²) >= 11 is 0. The van der Waals surface area contributed by atoms with Crippen molar-refractivity contribution in [1.29, 1.82) is 0 Å². The number of carbonyl (C=O) groups excluding carboxylic acids is 1. The Kier molecular flexibility index (Phi) is 3.98. The number of ether oxygens (including phenoxy) is 1. The first-order chi connectivity index (χ1) is 6.72. The molecule has 3 heteroatoms. The highest BCUT2D eigenvalue weighted by Crippen LogP contribution is 2.11. The SMILES string of the molecule is CCCOC(=O)Cc1ccc([O])cc1. The third-order valence-corrected chi connectivity index (χ3v) is 1.74. The minimum atomic E-state index is -0.245. The quantitative estimate of drug-likeness (QED) is 0.689. The lowest BCUT2D eigenvalue weighted by molar-refractivity contribution is -0.142. The summed E-state index contributed by atoms with van der Waals surface area (Å²) in [6, 6.07) is 6.19. The number of hydrogen-bond acceptors (Lipinski definition) is 2. The van der Waals surface area contributed by atoms with Crippen LogP contribution in [0.2, 0.25) is 0 Å². The van der Waals surface area contributed by atoms with Crippen LogP contribution in [0.25, 0.3) is 0 Å². The molecule has 0 aliphatic carbocycles. The summed E-state index contributed by atoms with van der Waals surface area (Å²) in [6.45, 7) is 2.40. The lowest BCUT2D eigenvalue weighted by Gasteiger charge is -2.02. The standard InChI is InChI=1S/C11H13O3/c1-2-7-14-11(13)8-9-3-5-10(12)6-4-9/h3-6H,2,7-8H2,1H3. The Hall–Kier alpha value is -1.51. The van der Waals surface area contributed by atoms with Crippen molar-refractivity contribution in [2.45, 2.75) is 19.8 Å². The highest BCUT2D eigenvalue weighted by Gasteiger charge is 2.03. The van der Waals surface area contributed by atoms with Crippen LogP contribution in [0.5, 0.6) is 5.75 Å². The van der Waals surface area contributed by atoms with Crippen LogP contribution in [0.15, 0.2) is 24.3 Å². The molecule has 3 nitrogen and oxygen atoms in total. The van der Waals surface area contributed by atoms with Crippen LogP contribution in [0.3, 0.4) is 0 Å². The molecule has 75 valence electrons. The van der Waals surface area contributed by atoms with Crippen molar-refractivity contribution in [3.63, 3.8) is 0 Å². The molecule has 0 bridgehead atoms. The Morgan fingerprint density at radius 2 is 1.93 bits per heavy atom. The van der Waals surface area contributed by atoms with E-state index in [2.05, 4.69) is 0 Å². The second-order valence-electron chi connectivity index (χ2n) is 3.04. The molecule has 0 spiro atoms. The first-order valence-electron chi connectivity index (χ1n) is 4.64. The molecule has 14 heavy (non-hydrogen) atoms. The van der Waals surface area contributed by atoms with Crippen LogP contribution in [0, 0.1) is 0 Å². The molecular weight excluding hydrogens is 180 g/mol. The van der Waals surface area contributed by atoms with Crippen molar-refractivity contribution in [2.24, 2.45) is 0 Å². The highest BCUT2D eigenvalue weighted by atomic mass is 16.5. The van der Waals surface area contributed by atoms with Gasteiger partial charge in [-0.2, -0.15) is 0 Å². The maximum Gasteiger partial charge on any atom is 0.310 e. The first kappa shape index (κ1) is 10.6. The molecule has 0 aliphatic rings. The minimum absolute atomic E-state index is 0.0457. The molecule has 1 radical (unpaired) electrons. The average Bonchev–Trinajstić information content (AvgIpc) is 2.18. The molecule has 1 aromatic carbocycles. The maximum atomic E-state index is 11.2. The van der Waals surface area contributed by atoms with Crippen LogP contribution in [-0.2, 0) is 21.1 Å². The summed E-state index contributed by atoms with van der Waals surface area (Å²) in [5.41, 5.74) is 0.811. The molecule has 0 aromatic heterocycles. The first-order valence-corrected chi connectivity index (χ1v) is 4.64. The monoisotopic (exact) mass is 193 g/mol. The maximum absolute atomic E-state index is 11.2. The summed E-state index contributed by atoms with van der Waals surface area (Å²) < 4.78 is 4.91.